The maximum atomic E-state index is 10.8. The molecule has 0 aliphatic carbocycles. The van der Waals surface area contributed by atoms with E-state index >= 15 is 0 Å². The van der Waals surface area contributed by atoms with Gasteiger partial charge in [0.1, 0.15) is 38.1 Å². The largest absolute Gasteiger partial charge is 0.399 e. The monoisotopic (exact) mass is 237 g/mol. The van der Waals surface area contributed by atoms with Crippen LogP contribution in [0.3, 0.4) is 0 Å². The van der Waals surface area contributed by atoms with Gasteiger partial charge in [-0.15, -0.1) is 0 Å². The third kappa shape index (κ3) is 4.21. The molecule has 0 rings (SSSR count). The van der Waals surface area contributed by atoms with Crippen LogP contribution in [-0.4, -0.2) is 75.7 Å². The van der Waals surface area contributed by atoms with Gasteiger partial charge in [-0.1, -0.05) is 5.16 Å². The Labute approximate surface area is 91.4 Å². The number of carbonyl (C=O) groups is 1. The summed E-state index contributed by atoms with van der Waals surface area (Å²) in [6, 6.07) is 0. The summed E-state index contributed by atoms with van der Waals surface area (Å²) in [5, 5.41) is 48.4. The molecule has 0 unspecified atom stereocenters. The van der Waals surface area contributed by atoms with Crippen molar-refractivity contribution in [1.82, 2.24) is 0 Å². The number of oxime groups is 1. The fourth-order valence-corrected chi connectivity index (χ4v) is 0.884. The van der Waals surface area contributed by atoms with Crippen LogP contribution in [0.15, 0.2) is 5.16 Å². The molecule has 16 heavy (non-hydrogen) atoms. The highest BCUT2D eigenvalue weighted by Crippen LogP contribution is 2.05. The van der Waals surface area contributed by atoms with E-state index in [-0.39, 0.29) is 0 Å². The van der Waals surface area contributed by atoms with Crippen LogP contribution in [0.2, 0.25) is 0 Å². The first-order valence-corrected chi connectivity index (χ1v) is 4.38. The van der Waals surface area contributed by atoms with E-state index in [2.05, 4.69) is 9.99 Å². The van der Waals surface area contributed by atoms with Crippen LogP contribution in [-0.2, 0) is 9.63 Å². The van der Waals surface area contributed by atoms with Gasteiger partial charge in [0.15, 0.2) is 5.78 Å². The molecule has 5 N–H and O–H groups in total. The third-order valence-electron chi connectivity index (χ3n) is 1.83. The topological polar surface area (TPSA) is 140 Å². The minimum absolute atomic E-state index is 0.782. The van der Waals surface area contributed by atoms with Crippen molar-refractivity contribution in [2.75, 3.05) is 13.7 Å². The molecule has 0 amide bonds. The van der Waals surface area contributed by atoms with E-state index in [0.29, 0.717) is 0 Å². The molecule has 0 spiro atoms. The lowest BCUT2D eigenvalue weighted by Crippen LogP contribution is -2.48. The van der Waals surface area contributed by atoms with Crippen LogP contribution >= 0.6 is 0 Å². The van der Waals surface area contributed by atoms with E-state index in [1.165, 1.54) is 7.11 Å². The standard InChI is InChI=1S/C8H15NO7/c1-16-9-2-4(11)6(13)8(15)7(14)5(12)3-10/h2,4,6-8,10-11,13-15H,3H2,1H3/t4-,6-,7+,8+/m1/s1. The minimum Gasteiger partial charge on any atom is -0.399 e. The van der Waals surface area contributed by atoms with Gasteiger partial charge in [0.25, 0.3) is 0 Å². The van der Waals surface area contributed by atoms with Gasteiger partial charge in [-0.2, -0.15) is 0 Å². The van der Waals surface area contributed by atoms with Crippen molar-refractivity contribution in [3.8, 4) is 0 Å². The van der Waals surface area contributed by atoms with Gasteiger partial charge in [0.2, 0.25) is 0 Å². The van der Waals surface area contributed by atoms with Crippen molar-refractivity contribution in [1.29, 1.82) is 0 Å². The smallest absolute Gasteiger partial charge is 0.189 e. The molecule has 94 valence electrons. The number of aliphatic hydroxyl groups excluding tert-OH is 5. The molecule has 0 aromatic heterocycles. The zero-order valence-corrected chi connectivity index (χ0v) is 8.59. The lowest BCUT2D eigenvalue weighted by atomic mass is 10.0. The van der Waals surface area contributed by atoms with Crippen LogP contribution in [0.1, 0.15) is 0 Å². The van der Waals surface area contributed by atoms with Gasteiger partial charge in [-0.05, 0) is 0 Å². The second-order valence-electron chi connectivity index (χ2n) is 2.98. The fraction of sp³-hybridized carbons (Fsp3) is 0.750. The summed E-state index contributed by atoms with van der Waals surface area (Å²) in [7, 11) is 1.20. The van der Waals surface area contributed by atoms with Crippen LogP contribution in [0.5, 0.6) is 0 Å². The summed E-state index contributed by atoms with van der Waals surface area (Å²) in [4.78, 5) is 15.0. The Morgan fingerprint density at radius 3 is 2.31 bits per heavy atom. The Morgan fingerprint density at radius 2 is 1.88 bits per heavy atom. The Kier molecular flexibility index (Phi) is 6.77. The molecule has 0 aromatic rings. The van der Waals surface area contributed by atoms with E-state index < -0.39 is 36.8 Å². The SMILES string of the molecule is CON=C[C@@H](O)[C@@H](O)[C@H](O)[C@@H](O)C(=O)CO. The van der Waals surface area contributed by atoms with E-state index in [4.69, 9.17) is 10.2 Å². The molecule has 0 aromatic carbocycles. The fourth-order valence-electron chi connectivity index (χ4n) is 0.884. The van der Waals surface area contributed by atoms with Crippen molar-refractivity contribution < 1.29 is 35.2 Å². The molecule has 8 heteroatoms. The first-order valence-electron chi connectivity index (χ1n) is 4.38. The Morgan fingerprint density at radius 1 is 1.31 bits per heavy atom. The maximum Gasteiger partial charge on any atom is 0.189 e. The molecular weight excluding hydrogens is 222 g/mol. The first kappa shape index (κ1) is 14.9. The minimum atomic E-state index is -1.98. The normalized spacial score (nSPS) is 19.1. The Bertz CT molecular complexity index is 245. The number of carbonyl (C=O) groups excluding carboxylic acids is 1. The zero-order chi connectivity index (χ0) is 12.7. The van der Waals surface area contributed by atoms with Crippen molar-refractivity contribution in [3.63, 3.8) is 0 Å². The summed E-state index contributed by atoms with van der Waals surface area (Å²) in [6.45, 7) is -0.979. The molecule has 0 aliphatic rings. The van der Waals surface area contributed by atoms with Crippen LogP contribution in [0, 0.1) is 0 Å². The van der Waals surface area contributed by atoms with Gasteiger partial charge in [-0.3, -0.25) is 4.79 Å². The molecule has 0 saturated carbocycles. The molecule has 0 saturated heterocycles. The van der Waals surface area contributed by atoms with Crippen LogP contribution < -0.4 is 0 Å². The lowest BCUT2D eigenvalue weighted by Gasteiger charge is -2.23. The number of Topliss-reactive ketones (excluding diaryl/α,β-unsaturated/α-hetero) is 1. The Balaban J connectivity index is 4.41. The molecule has 0 heterocycles. The van der Waals surface area contributed by atoms with Gasteiger partial charge >= 0.3 is 0 Å². The van der Waals surface area contributed by atoms with E-state index in [1.807, 2.05) is 0 Å². The van der Waals surface area contributed by atoms with E-state index in [1.54, 1.807) is 0 Å². The number of nitrogens with zero attached hydrogens (tertiary/aromatic N) is 1. The molecular formula is C8H15NO7. The van der Waals surface area contributed by atoms with Crippen molar-refractivity contribution in [3.05, 3.63) is 0 Å². The second kappa shape index (κ2) is 7.25. The highest BCUT2D eigenvalue weighted by atomic mass is 16.6. The van der Waals surface area contributed by atoms with Gasteiger partial charge in [0, 0.05) is 0 Å². The summed E-state index contributed by atoms with van der Waals surface area (Å²) in [5.74, 6) is -1.07. The quantitative estimate of drug-likeness (QED) is 0.230. The van der Waals surface area contributed by atoms with Crippen LogP contribution in [0.4, 0.5) is 0 Å². The van der Waals surface area contributed by atoms with Crippen molar-refractivity contribution in [2.45, 2.75) is 24.4 Å². The predicted molar refractivity (Wildman–Crippen MR) is 51.6 cm³/mol. The predicted octanol–water partition coefficient (Wildman–Crippen LogP) is -3.38. The third-order valence-corrected chi connectivity index (χ3v) is 1.83. The van der Waals surface area contributed by atoms with Gasteiger partial charge in [0.05, 0.1) is 6.21 Å². The molecule has 0 fully saturated rings. The molecule has 8 nitrogen and oxygen atoms in total. The molecule has 0 aliphatic heterocycles. The highest BCUT2D eigenvalue weighted by Gasteiger charge is 2.33. The summed E-state index contributed by atoms with van der Waals surface area (Å²) < 4.78 is 0. The number of rotatable bonds is 7. The number of hydrogen-bond donors (Lipinski definition) is 5. The van der Waals surface area contributed by atoms with Gasteiger partial charge < -0.3 is 30.4 Å². The zero-order valence-electron chi connectivity index (χ0n) is 8.59. The van der Waals surface area contributed by atoms with Crippen molar-refractivity contribution in [2.24, 2.45) is 5.16 Å². The second-order valence-corrected chi connectivity index (χ2v) is 2.98. The highest BCUT2D eigenvalue weighted by molar-refractivity contribution is 5.84. The molecule has 0 radical (unpaired) electrons. The summed E-state index contributed by atoms with van der Waals surface area (Å²) in [6.07, 6.45) is -6.58. The summed E-state index contributed by atoms with van der Waals surface area (Å²) in [5.41, 5.74) is 0. The van der Waals surface area contributed by atoms with Crippen LogP contribution in [0.25, 0.3) is 0 Å². The Hall–Kier alpha value is -1.06. The first-order chi connectivity index (χ1) is 7.45. The van der Waals surface area contributed by atoms with Crippen molar-refractivity contribution >= 4 is 12.0 Å². The van der Waals surface area contributed by atoms with E-state index in [0.717, 1.165) is 6.21 Å². The summed E-state index contributed by atoms with van der Waals surface area (Å²) >= 11 is 0. The maximum absolute atomic E-state index is 10.8. The van der Waals surface area contributed by atoms with Gasteiger partial charge in [-0.25, -0.2) is 0 Å². The number of hydrogen-bond acceptors (Lipinski definition) is 8. The average Bonchev–Trinajstić information content (AvgIpc) is 2.31. The lowest BCUT2D eigenvalue weighted by molar-refractivity contribution is -0.144. The van der Waals surface area contributed by atoms with E-state index in [9.17, 15) is 20.1 Å². The average molecular weight is 237 g/mol. The molecule has 0 bridgehead atoms. The number of aliphatic hydroxyl groups is 5. The number of ketones is 1. The molecule has 4 atom stereocenters.